The molecule has 114 valence electrons. The number of nitrogens with one attached hydrogen (secondary N) is 1. The van der Waals surface area contributed by atoms with Crippen molar-refractivity contribution in [3.63, 3.8) is 0 Å². The minimum atomic E-state index is -2.85. The van der Waals surface area contributed by atoms with Gasteiger partial charge < -0.3 is 10.4 Å². The van der Waals surface area contributed by atoms with Crippen molar-refractivity contribution in [1.82, 2.24) is 10.2 Å². The molecule has 1 aliphatic heterocycles. The summed E-state index contributed by atoms with van der Waals surface area (Å²) >= 11 is 0. The van der Waals surface area contributed by atoms with Crippen LogP contribution in [0.2, 0.25) is 0 Å². The van der Waals surface area contributed by atoms with Crippen LogP contribution in [0.3, 0.4) is 0 Å². The third-order valence-electron chi connectivity index (χ3n) is 3.91. The lowest BCUT2D eigenvalue weighted by atomic mass is 9.98. The number of nitrogens with zero attached hydrogens (tertiary/aromatic N) is 1. The molecule has 2 N–H and O–H groups in total. The van der Waals surface area contributed by atoms with Crippen molar-refractivity contribution in [1.29, 1.82) is 0 Å². The fourth-order valence-corrected chi connectivity index (χ4v) is 4.03. The fourth-order valence-electron chi connectivity index (χ4n) is 2.41. The second-order valence-corrected chi connectivity index (χ2v) is 8.12. The van der Waals surface area contributed by atoms with Crippen molar-refractivity contribution in [2.45, 2.75) is 45.2 Å². The summed E-state index contributed by atoms with van der Waals surface area (Å²) in [6, 6.07) is 0.0767. The summed E-state index contributed by atoms with van der Waals surface area (Å²) in [6.45, 7) is 8.51. The predicted molar refractivity (Wildman–Crippen MR) is 78.1 cm³/mol. The van der Waals surface area contributed by atoms with Gasteiger partial charge in [-0.15, -0.1) is 0 Å². The van der Waals surface area contributed by atoms with Gasteiger partial charge >= 0.3 is 0 Å². The van der Waals surface area contributed by atoms with Crippen molar-refractivity contribution < 1.29 is 13.5 Å². The molecule has 0 aliphatic carbocycles. The Bertz CT molecular complexity index is 372. The third-order valence-corrected chi connectivity index (χ3v) is 5.70. The van der Waals surface area contributed by atoms with Crippen LogP contribution in [0.15, 0.2) is 0 Å². The largest absolute Gasteiger partial charge is 0.394 e. The SMILES string of the molecule is CCCNC(C)(CO)CCN1CCS(=O)(=O)CC1C. The van der Waals surface area contributed by atoms with E-state index in [1.54, 1.807) is 0 Å². The van der Waals surface area contributed by atoms with Crippen LogP contribution in [-0.4, -0.2) is 67.8 Å². The van der Waals surface area contributed by atoms with Gasteiger partial charge in [-0.2, -0.15) is 0 Å². The van der Waals surface area contributed by atoms with E-state index < -0.39 is 9.84 Å². The molecule has 2 atom stereocenters. The Morgan fingerprint density at radius 1 is 1.47 bits per heavy atom. The molecule has 2 unspecified atom stereocenters. The first-order chi connectivity index (χ1) is 8.82. The smallest absolute Gasteiger partial charge is 0.153 e. The molecule has 0 aromatic heterocycles. The second-order valence-electron chi connectivity index (χ2n) is 5.89. The first kappa shape index (κ1) is 16.9. The van der Waals surface area contributed by atoms with Gasteiger partial charge in [0.05, 0.1) is 18.1 Å². The predicted octanol–water partition coefficient (Wildman–Crippen LogP) is 0.246. The summed E-state index contributed by atoms with van der Waals surface area (Å²) in [5.74, 6) is 0.515. The quantitative estimate of drug-likeness (QED) is 0.704. The molecule has 0 aromatic rings. The lowest BCUT2D eigenvalue weighted by Gasteiger charge is -2.36. The molecule has 0 bridgehead atoms. The zero-order valence-corrected chi connectivity index (χ0v) is 13.2. The van der Waals surface area contributed by atoms with Crippen molar-refractivity contribution in [3.8, 4) is 0 Å². The molecule has 6 heteroatoms. The van der Waals surface area contributed by atoms with Crippen molar-refractivity contribution in [2.24, 2.45) is 0 Å². The van der Waals surface area contributed by atoms with Gasteiger partial charge in [0.1, 0.15) is 0 Å². The first-order valence-corrected chi connectivity index (χ1v) is 8.94. The highest BCUT2D eigenvalue weighted by molar-refractivity contribution is 7.91. The Hall–Kier alpha value is -0.170. The summed E-state index contributed by atoms with van der Waals surface area (Å²) < 4.78 is 23.1. The Labute approximate surface area is 117 Å². The zero-order valence-electron chi connectivity index (χ0n) is 12.4. The summed E-state index contributed by atoms with van der Waals surface area (Å²) in [7, 11) is -2.85. The van der Waals surface area contributed by atoms with Crippen LogP contribution in [-0.2, 0) is 9.84 Å². The topological polar surface area (TPSA) is 69.6 Å². The molecule has 0 amide bonds. The molecule has 5 nitrogen and oxygen atoms in total. The number of sulfone groups is 1. The van der Waals surface area contributed by atoms with Crippen LogP contribution >= 0.6 is 0 Å². The zero-order chi connectivity index (χ0) is 14.5. The van der Waals surface area contributed by atoms with Crippen molar-refractivity contribution in [3.05, 3.63) is 0 Å². The van der Waals surface area contributed by atoms with Crippen LogP contribution in [0.1, 0.15) is 33.6 Å². The van der Waals surface area contributed by atoms with E-state index in [0.29, 0.717) is 6.54 Å². The maximum atomic E-state index is 11.5. The van der Waals surface area contributed by atoms with E-state index in [1.807, 2.05) is 13.8 Å². The van der Waals surface area contributed by atoms with Gasteiger partial charge in [0.2, 0.25) is 0 Å². The maximum Gasteiger partial charge on any atom is 0.153 e. The van der Waals surface area contributed by atoms with E-state index >= 15 is 0 Å². The lowest BCUT2D eigenvalue weighted by molar-refractivity contribution is 0.136. The van der Waals surface area contributed by atoms with E-state index in [2.05, 4.69) is 17.1 Å². The number of aliphatic hydroxyl groups is 1. The van der Waals surface area contributed by atoms with Crippen LogP contribution in [0.25, 0.3) is 0 Å². The Balaban J connectivity index is 2.47. The summed E-state index contributed by atoms with van der Waals surface area (Å²) in [4.78, 5) is 2.21. The number of rotatable bonds is 7. The summed E-state index contributed by atoms with van der Waals surface area (Å²) in [5, 5.41) is 12.9. The first-order valence-electron chi connectivity index (χ1n) is 7.12. The van der Waals surface area contributed by atoms with Crippen LogP contribution in [0.5, 0.6) is 0 Å². The van der Waals surface area contributed by atoms with Crippen molar-refractivity contribution in [2.75, 3.05) is 37.7 Å². The summed E-state index contributed by atoms with van der Waals surface area (Å²) in [5.41, 5.74) is -0.272. The molecule has 0 aromatic carbocycles. The van der Waals surface area contributed by atoms with Gasteiger partial charge in [0.25, 0.3) is 0 Å². The molecule has 1 heterocycles. The Morgan fingerprint density at radius 3 is 2.68 bits per heavy atom. The van der Waals surface area contributed by atoms with Gasteiger partial charge in [-0.25, -0.2) is 8.42 Å². The Kier molecular flexibility index (Phi) is 6.23. The molecule has 0 saturated carbocycles. The standard InChI is InChI=1S/C13H28N2O3S/c1-4-6-14-13(3,11-16)5-7-15-8-9-19(17,18)10-12(15)2/h12,14,16H,4-11H2,1-3H3. The fraction of sp³-hybridized carbons (Fsp3) is 1.00. The number of aliphatic hydroxyl groups excluding tert-OH is 1. The van der Waals surface area contributed by atoms with Gasteiger partial charge in [0.15, 0.2) is 9.84 Å². The third kappa shape index (κ3) is 5.38. The average Bonchev–Trinajstić information content (AvgIpc) is 2.34. The van der Waals surface area contributed by atoms with E-state index in [0.717, 1.165) is 25.9 Å². The second kappa shape index (κ2) is 7.02. The highest BCUT2D eigenvalue weighted by Gasteiger charge is 2.30. The lowest BCUT2D eigenvalue weighted by Crippen LogP contribution is -2.52. The van der Waals surface area contributed by atoms with E-state index in [4.69, 9.17) is 0 Å². The van der Waals surface area contributed by atoms with Gasteiger partial charge in [0, 0.05) is 24.7 Å². The molecule has 0 radical (unpaired) electrons. The minimum Gasteiger partial charge on any atom is -0.394 e. The average molecular weight is 292 g/mol. The Morgan fingerprint density at radius 2 is 2.16 bits per heavy atom. The van der Waals surface area contributed by atoms with E-state index in [1.165, 1.54) is 0 Å². The van der Waals surface area contributed by atoms with Gasteiger partial charge in [-0.1, -0.05) is 6.92 Å². The highest BCUT2D eigenvalue weighted by atomic mass is 32.2. The van der Waals surface area contributed by atoms with E-state index in [9.17, 15) is 13.5 Å². The number of hydrogen-bond acceptors (Lipinski definition) is 5. The maximum absolute atomic E-state index is 11.5. The van der Waals surface area contributed by atoms with Gasteiger partial charge in [-0.3, -0.25) is 4.90 Å². The molecular weight excluding hydrogens is 264 g/mol. The minimum absolute atomic E-state index is 0.0767. The molecule has 1 aliphatic rings. The van der Waals surface area contributed by atoms with Crippen molar-refractivity contribution >= 4 is 9.84 Å². The van der Waals surface area contributed by atoms with E-state index in [-0.39, 0.29) is 29.7 Å². The number of hydrogen-bond donors (Lipinski definition) is 2. The summed E-state index contributed by atoms with van der Waals surface area (Å²) in [6.07, 6.45) is 1.86. The van der Waals surface area contributed by atoms with Crippen LogP contribution < -0.4 is 5.32 Å². The normalized spacial score (nSPS) is 27.1. The monoisotopic (exact) mass is 292 g/mol. The highest BCUT2D eigenvalue weighted by Crippen LogP contribution is 2.16. The molecular formula is C13H28N2O3S. The molecule has 1 rings (SSSR count). The molecule has 1 saturated heterocycles. The molecule has 1 fully saturated rings. The molecule has 19 heavy (non-hydrogen) atoms. The van der Waals surface area contributed by atoms with Crippen LogP contribution in [0.4, 0.5) is 0 Å². The van der Waals surface area contributed by atoms with Crippen LogP contribution in [0, 0.1) is 0 Å². The van der Waals surface area contributed by atoms with Gasteiger partial charge in [-0.05, 0) is 33.2 Å². The molecule has 0 spiro atoms.